The Kier molecular flexibility index (Phi) is 9.61. The summed E-state index contributed by atoms with van der Waals surface area (Å²) in [4.78, 5) is 32.5. The van der Waals surface area contributed by atoms with Crippen molar-refractivity contribution in [3.63, 3.8) is 0 Å². The van der Waals surface area contributed by atoms with Gasteiger partial charge in [-0.1, -0.05) is 42.5 Å². The molecule has 11 heteroatoms. The second kappa shape index (κ2) is 13.3. The number of hydrogen-bond donors (Lipinski definition) is 2. The van der Waals surface area contributed by atoms with Crippen LogP contribution in [0.3, 0.4) is 0 Å². The number of fused-ring (bicyclic) bond motifs is 1. The summed E-state index contributed by atoms with van der Waals surface area (Å²) in [5, 5.41) is 3.48. The number of aromatic nitrogens is 1. The van der Waals surface area contributed by atoms with Crippen LogP contribution in [0.25, 0.3) is 10.9 Å². The SMILES string of the molecule is COCCN(CC(=O)N(CCc1c[nH]c2ccccc12)Cc1ccc(C(F)(F)F)cc1)C(=O)Nc1ccccc1F. The first-order valence-electron chi connectivity index (χ1n) is 12.9. The maximum Gasteiger partial charge on any atom is 0.416 e. The van der Waals surface area contributed by atoms with Crippen LogP contribution in [0.1, 0.15) is 16.7 Å². The van der Waals surface area contributed by atoms with E-state index in [-0.39, 0.29) is 38.5 Å². The Morgan fingerprint density at radius 2 is 1.63 bits per heavy atom. The number of ether oxygens (including phenoxy) is 1. The Morgan fingerprint density at radius 3 is 2.34 bits per heavy atom. The number of nitrogens with one attached hydrogen (secondary N) is 2. The number of carbonyl (C=O) groups excluding carboxylic acids is 2. The van der Waals surface area contributed by atoms with Gasteiger partial charge in [0.05, 0.1) is 17.9 Å². The van der Waals surface area contributed by atoms with Gasteiger partial charge in [0.1, 0.15) is 12.4 Å². The third-order valence-electron chi connectivity index (χ3n) is 6.63. The number of para-hydroxylation sites is 2. The van der Waals surface area contributed by atoms with Crippen molar-refractivity contribution >= 4 is 28.5 Å². The standard InChI is InChI=1S/C30H30F4N4O3/c1-41-17-16-38(29(40)36-27-9-5-3-7-25(27)31)20-28(39)37(19-21-10-12-23(13-11-21)30(32,33)34)15-14-22-18-35-26-8-4-2-6-24(22)26/h2-13,18,35H,14-17,19-20H2,1H3,(H,36,40). The van der Waals surface area contributed by atoms with Gasteiger partial charge in [0.15, 0.2) is 0 Å². The Morgan fingerprint density at radius 1 is 0.927 bits per heavy atom. The van der Waals surface area contributed by atoms with E-state index >= 15 is 0 Å². The van der Waals surface area contributed by atoms with Gasteiger partial charge in [-0.25, -0.2) is 9.18 Å². The fourth-order valence-electron chi connectivity index (χ4n) is 4.38. The van der Waals surface area contributed by atoms with E-state index in [9.17, 15) is 27.2 Å². The van der Waals surface area contributed by atoms with E-state index in [0.717, 1.165) is 28.6 Å². The third-order valence-corrected chi connectivity index (χ3v) is 6.63. The van der Waals surface area contributed by atoms with Crippen LogP contribution in [-0.4, -0.2) is 60.1 Å². The molecule has 0 fully saturated rings. The zero-order chi connectivity index (χ0) is 29.4. The van der Waals surface area contributed by atoms with Crippen molar-refractivity contribution in [2.24, 2.45) is 0 Å². The smallest absolute Gasteiger partial charge is 0.383 e. The van der Waals surface area contributed by atoms with Gasteiger partial charge < -0.3 is 24.8 Å². The lowest BCUT2D eigenvalue weighted by molar-refractivity contribution is -0.137. The molecule has 3 amide bonds. The molecular formula is C30H30F4N4O3. The highest BCUT2D eigenvalue weighted by atomic mass is 19.4. The van der Waals surface area contributed by atoms with Crippen molar-refractivity contribution in [1.29, 1.82) is 0 Å². The molecule has 0 spiro atoms. The summed E-state index contributed by atoms with van der Waals surface area (Å²) in [5.41, 5.74) is 1.60. The van der Waals surface area contributed by atoms with Crippen molar-refractivity contribution in [3.05, 3.63) is 102 Å². The highest BCUT2D eigenvalue weighted by Gasteiger charge is 2.30. The van der Waals surface area contributed by atoms with Gasteiger partial charge >= 0.3 is 12.2 Å². The third kappa shape index (κ3) is 7.85. The molecule has 0 unspecified atom stereocenters. The number of methoxy groups -OCH3 is 1. The van der Waals surface area contributed by atoms with Crippen molar-refractivity contribution in [3.8, 4) is 0 Å². The fraction of sp³-hybridized carbons (Fsp3) is 0.267. The number of halogens is 4. The van der Waals surface area contributed by atoms with Crippen molar-refractivity contribution < 1.29 is 31.9 Å². The molecule has 1 heterocycles. The molecule has 4 rings (SSSR count). The maximum atomic E-state index is 14.1. The number of anilines is 1. The minimum Gasteiger partial charge on any atom is -0.383 e. The van der Waals surface area contributed by atoms with E-state index in [1.807, 2.05) is 30.5 Å². The summed E-state index contributed by atoms with van der Waals surface area (Å²) in [6.45, 7) is 0.116. The maximum absolute atomic E-state index is 14.1. The Bertz CT molecular complexity index is 1470. The van der Waals surface area contributed by atoms with E-state index in [4.69, 9.17) is 4.74 Å². The van der Waals surface area contributed by atoms with Crippen LogP contribution in [0, 0.1) is 5.82 Å². The van der Waals surface area contributed by atoms with Crippen LogP contribution in [0.15, 0.2) is 79.0 Å². The Balaban J connectivity index is 1.54. The summed E-state index contributed by atoms with van der Waals surface area (Å²) >= 11 is 0. The molecule has 0 aliphatic rings. The van der Waals surface area contributed by atoms with E-state index in [2.05, 4.69) is 10.3 Å². The topological polar surface area (TPSA) is 77.7 Å². The van der Waals surface area contributed by atoms with Crippen LogP contribution < -0.4 is 5.32 Å². The van der Waals surface area contributed by atoms with E-state index in [0.29, 0.717) is 12.0 Å². The van der Waals surface area contributed by atoms with Crippen LogP contribution in [0.5, 0.6) is 0 Å². The second-order valence-corrected chi connectivity index (χ2v) is 9.44. The molecule has 3 aromatic carbocycles. The molecule has 0 saturated carbocycles. The highest BCUT2D eigenvalue weighted by molar-refractivity contribution is 5.92. The van der Waals surface area contributed by atoms with E-state index in [1.54, 1.807) is 6.07 Å². The number of amides is 3. The molecule has 0 aliphatic heterocycles. The molecule has 0 atom stereocenters. The van der Waals surface area contributed by atoms with Crippen LogP contribution in [0.2, 0.25) is 0 Å². The summed E-state index contributed by atoms with van der Waals surface area (Å²) in [7, 11) is 1.45. The van der Waals surface area contributed by atoms with E-state index < -0.39 is 29.5 Å². The predicted molar refractivity (Wildman–Crippen MR) is 148 cm³/mol. The highest BCUT2D eigenvalue weighted by Crippen LogP contribution is 2.29. The molecule has 41 heavy (non-hydrogen) atoms. The molecule has 0 saturated heterocycles. The lowest BCUT2D eigenvalue weighted by Gasteiger charge is -2.28. The molecular weight excluding hydrogens is 540 g/mol. The summed E-state index contributed by atoms with van der Waals surface area (Å²) in [6, 6.07) is 17.3. The quantitative estimate of drug-likeness (QED) is 0.215. The number of nitrogens with zero attached hydrogens (tertiary/aromatic N) is 2. The van der Waals surface area contributed by atoms with Gasteiger partial charge in [0.25, 0.3) is 0 Å². The largest absolute Gasteiger partial charge is 0.416 e. The molecule has 0 bridgehead atoms. The van der Waals surface area contributed by atoms with Gasteiger partial charge in [0, 0.05) is 43.8 Å². The average molecular weight is 571 g/mol. The molecule has 1 aromatic heterocycles. The number of hydrogen-bond acceptors (Lipinski definition) is 3. The molecule has 216 valence electrons. The Hall–Kier alpha value is -4.38. The van der Waals surface area contributed by atoms with Gasteiger partial charge in [-0.3, -0.25) is 4.79 Å². The molecule has 0 aliphatic carbocycles. The summed E-state index contributed by atoms with van der Waals surface area (Å²) < 4.78 is 58.5. The number of benzene rings is 3. The monoisotopic (exact) mass is 570 g/mol. The summed E-state index contributed by atoms with van der Waals surface area (Å²) in [5.74, 6) is -1.05. The zero-order valence-electron chi connectivity index (χ0n) is 22.4. The first-order valence-corrected chi connectivity index (χ1v) is 12.9. The van der Waals surface area contributed by atoms with Crippen LogP contribution in [-0.2, 0) is 28.7 Å². The number of carbonyl (C=O) groups is 2. The van der Waals surface area contributed by atoms with Gasteiger partial charge in [-0.15, -0.1) is 0 Å². The van der Waals surface area contributed by atoms with E-state index in [1.165, 1.54) is 47.2 Å². The number of rotatable bonds is 11. The minimum absolute atomic E-state index is 0.0340. The number of urea groups is 1. The zero-order valence-corrected chi connectivity index (χ0v) is 22.4. The van der Waals surface area contributed by atoms with Gasteiger partial charge in [0.2, 0.25) is 5.91 Å². The van der Waals surface area contributed by atoms with Crippen molar-refractivity contribution in [2.45, 2.75) is 19.1 Å². The van der Waals surface area contributed by atoms with Crippen molar-refractivity contribution in [2.75, 3.05) is 38.7 Å². The number of alkyl halides is 3. The normalized spacial score (nSPS) is 11.4. The fourth-order valence-corrected chi connectivity index (χ4v) is 4.38. The first kappa shape index (κ1) is 29.6. The minimum atomic E-state index is -4.48. The average Bonchev–Trinajstić information content (AvgIpc) is 3.37. The lowest BCUT2D eigenvalue weighted by atomic mass is 10.1. The first-order chi connectivity index (χ1) is 19.7. The number of aromatic amines is 1. The van der Waals surface area contributed by atoms with Gasteiger partial charge in [-0.2, -0.15) is 13.2 Å². The predicted octanol–water partition coefficient (Wildman–Crippen LogP) is 6.08. The molecule has 4 aromatic rings. The van der Waals surface area contributed by atoms with Crippen molar-refractivity contribution in [1.82, 2.24) is 14.8 Å². The summed E-state index contributed by atoms with van der Waals surface area (Å²) in [6.07, 6.45) is -2.15. The number of H-pyrrole nitrogens is 1. The second-order valence-electron chi connectivity index (χ2n) is 9.44. The molecule has 0 radical (unpaired) electrons. The lowest BCUT2D eigenvalue weighted by Crippen LogP contribution is -2.46. The van der Waals surface area contributed by atoms with Crippen LogP contribution >= 0.6 is 0 Å². The Labute approximate surface area is 234 Å². The molecule has 7 nitrogen and oxygen atoms in total. The van der Waals surface area contributed by atoms with Crippen LogP contribution in [0.4, 0.5) is 28.0 Å². The van der Waals surface area contributed by atoms with Gasteiger partial charge in [-0.05, 0) is 47.9 Å². The molecule has 2 N–H and O–H groups in total.